The lowest BCUT2D eigenvalue weighted by atomic mass is 9.92. The minimum Gasteiger partial charge on any atom is -0.332 e. The standard InChI is InChI=1S/C47H92N2/c1-5-8-11-14-17-19-21-23-25-27-29-32-35-38-41-46(42-39-36-33-30-28-26-24-22-20-18-15-12-9-6-2)47-48-43-44-49(47)45(4)40-37-34-31-16-13-10-7-3/h43-46H,5-42H2,1-4H3. The molecule has 0 N–H and O–H groups in total. The lowest BCUT2D eigenvalue weighted by molar-refractivity contribution is 0.412. The minimum atomic E-state index is 0.586. The molecule has 0 fully saturated rings. The first kappa shape index (κ1) is 46.2. The quantitative estimate of drug-likeness (QED) is 0.0629. The van der Waals surface area contributed by atoms with Crippen molar-refractivity contribution >= 4 is 0 Å². The molecular formula is C47H92N2. The van der Waals surface area contributed by atoms with Crippen LogP contribution in [-0.4, -0.2) is 9.55 Å². The van der Waals surface area contributed by atoms with Crippen LogP contribution in [0.3, 0.4) is 0 Å². The van der Waals surface area contributed by atoms with Gasteiger partial charge in [-0.05, 0) is 26.2 Å². The molecule has 290 valence electrons. The van der Waals surface area contributed by atoms with E-state index in [1.165, 1.54) is 250 Å². The maximum absolute atomic E-state index is 5.05. The van der Waals surface area contributed by atoms with Gasteiger partial charge in [-0.1, -0.05) is 245 Å². The smallest absolute Gasteiger partial charge is 0.111 e. The molecule has 0 aliphatic heterocycles. The van der Waals surface area contributed by atoms with E-state index >= 15 is 0 Å². The number of aromatic nitrogens is 2. The molecule has 1 unspecified atom stereocenters. The Morgan fingerprint density at radius 3 is 0.959 bits per heavy atom. The average Bonchev–Trinajstić information content (AvgIpc) is 3.60. The van der Waals surface area contributed by atoms with Gasteiger partial charge in [0.25, 0.3) is 0 Å². The molecule has 0 amide bonds. The van der Waals surface area contributed by atoms with Gasteiger partial charge in [0.2, 0.25) is 0 Å². The molecule has 1 aromatic heterocycles. The highest BCUT2D eigenvalue weighted by Gasteiger charge is 2.19. The van der Waals surface area contributed by atoms with Gasteiger partial charge in [-0.2, -0.15) is 0 Å². The monoisotopic (exact) mass is 685 g/mol. The third kappa shape index (κ3) is 28.5. The van der Waals surface area contributed by atoms with Crippen LogP contribution in [0.4, 0.5) is 0 Å². The van der Waals surface area contributed by atoms with Gasteiger partial charge in [0.15, 0.2) is 0 Å². The maximum Gasteiger partial charge on any atom is 0.111 e. The Labute approximate surface area is 310 Å². The van der Waals surface area contributed by atoms with E-state index in [0.29, 0.717) is 12.0 Å². The summed E-state index contributed by atoms with van der Waals surface area (Å²) >= 11 is 0. The zero-order valence-electron chi connectivity index (χ0n) is 34.6. The van der Waals surface area contributed by atoms with E-state index in [-0.39, 0.29) is 0 Å². The van der Waals surface area contributed by atoms with Crippen molar-refractivity contribution in [1.82, 2.24) is 9.55 Å². The van der Waals surface area contributed by atoms with Crippen molar-refractivity contribution in [3.05, 3.63) is 18.2 Å². The van der Waals surface area contributed by atoms with E-state index in [1.807, 2.05) is 0 Å². The Hall–Kier alpha value is -0.790. The van der Waals surface area contributed by atoms with E-state index in [0.717, 1.165) is 0 Å². The molecule has 1 atom stereocenters. The van der Waals surface area contributed by atoms with Crippen LogP contribution < -0.4 is 0 Å². The third-order valence-corrected chi connectivity index (χ3v) is 11.6. The Bertz CT molecular complexity index is 721. The molecule has 49 heavy (non-hydrogen) atoms. The summed E-state index contributed by atoms with van der Waals surface area (Å²) in [5.41, 5.74) is 0. The zero-order valence-corrected chi connectivity index (χ0v) is 34.6. The largest absolute Gasteiger partial charge is 0.332 e. The molecule has 1 rings (SSSR count). The number of hydrogen-bond acceptors (Lipinski definition) is 1. The molecule has 0 aliphatic rings. The van der Waals surface area contributed by atoms with Crippen LogP contribution in [0.2, 0.25) is 0 Å². The molecule has 0 aliphatic carbocycles. The summed E-state index contributed by atoms with van der Waals surface area (Å²) in [5.74, 6) is 2.07. The van der Waals surface area contributed by atoms with Crippen molar-refractivity contribution in [3.63, 3.8) is 0 Å². The molecule has 2 heteroatoms. The van der Waals surface area contributed by atoms with Crippen molar-refractivity contribution in [1.29, 1.82) is 0 Å². The SMILES string of the molecule is CCCCCCCCCCCCCCCCC(CCCCCCCCCCCCCCCC)c1nccn1C(C)CCCCCCCCC. The number of rotatable bonds is 40. The molecule has 0 aromatic carbocycles. The van der Waals surface area contributed by atoms with Crippen molar-refractivity contribution < 1.29 is 0 Å². The van der Waals surface area contributed by atoms with E-state index in [1.54, 1.807) is 0 Å². The first-order valence-electron chi connectivity index (χ1n) is 23.3. The van der Waals surface area contributed by atoms with Crippen molar-refractivity contribution in [2.45, 2.75) is 284 Å². The highest BCUT2D eigenvalue weighted by Crippen LogP contribution is 2.31. The van der Waals surface area contributed by atoms with Gasteiger partial charge in [-0.3, -0.25) is 0 Å². The fraction of sp³-hybridized carbons (Fsp3) is 0.936. The fourth-order valence-corrected chi connectivity index (χ4v) is 8.12. The van der Waals surface area contributed by atoms with Gasteiger partial charge in [-0.15, -0.1) is 0 Å². The molecular weight excluding hydrogens is 593 g/mol. The molecule has 1 aromatic rings. The number of nitrogens with zero attached hydrogens (tertiary/aromatic N) is 2. The normalized spacial score (nSPS) is 12.4. The van der Waals surface area contributed by atoms with E-state index in [2.05, 4.69) is 44.7 Å². The fourth-order valence-electron chi connectivity index (χ4n) is 8.12. The molecule has 0 saturated heterocycles. The van der Waals surface area contributed by atoms with Gasteiger partial charge in [0.1, 0.15) is 5.82 Å². The van der Waals surface area contributed by atoms with Crippen molar-refractivity contribution in [3.8, 4) is 0 Å². The summed E-state index contributed by atoms with van der Waals surface area (Å²) in [4.78, 5) is 5.05. The summed E-state index contributed by atoms with van der Waals surface area (Å²) in [5, 5.41) is 0. The molecule has 0 radical (unpaired) electrons. The van der Waals surface area contributed by atoms with Crippen LogP contribution in [0.25, 0.3) is 0 Å². The topological polar surface area (TPSA) is 17.8 Å². The number of hydrogen-bond donors (Lipinski definition) is 0. The van der Waals surface area contributed by atoms with Crippen LogP contribution in [0, 0.1) is 0 Å². The second-order valence-electron chi connectivity index (χ2n) is 16.4. The maximum atomic E-state index is 5.05. The van der Waals surface area contributed by atoms with Crippen molar-refractivity contribution in [2.75, 3.05) is 0 Å². The van der Waals surface area contributed by atoms with E-state index in [9.17, 15) is 0 Å². The van der Waals surface area contributed by atoms with Gasteiger partial charge >= 0.3 is 0 Å². The summed E-state index contributed by atoms with van der Waals surface area (Å²) in [7, 11) is 0. The average molecular weight is 685 g/mol. The Morgan fingerprint density at radius 2 is 0.653 bits per heavy atom. The Kier molecular flexibility index (Phi) is 34.9. The summed E-state index contributed by atoms with van der Waals surface area (Å²) < 4.78 is 2.59. The van der Waals surface area contributed by atoms with Gasteiger partial charge in [-0.25, -0.2) is 4.98 Å². The van der Waals surface area contributed by atoms with Crippen LogP contribution in [0.1, 0.15) is 289 Å². The first-order chi connectivity index (χ1) is 24.2. The molecule has 1 heterocycles. The molecule has 2 nitrogen and oxygen atoms in total. The Morgan fingerprint density at radius 1 is 0.388 bits per heavy atom. The number of unbranched alkanes of at least 4 members (excludes halogenated alkanes) is 32. The van der Waals surface area contributed by atoms with Crippen LogP contribution in [0.5, 0.6) is 0 Å². The molecule has 0 spiro atoms. The zero-order chi connectivity index (χ0) is 35.3. The minimum absolute atomic E-state index is 0.586. The second kappa shape index (κ2) is 37.0. The highest BCUT2D eigenvalue weighted by atomic mass is 15.1. The Balaban J connectivity index is 2.36. The summed E-state index contributed by atoms with van der Waals surface area (Å²) in [6.07, 6.45) is 58.6. The highest BCUT2D eigenvalue weighted by molar-refractivity contribution is 5.02. The van der Waals surface area contributed by atoms with E-state index < -0.39 is 0 Å². The van der Waals surface area contributed by atoms with Gasteiger partial charge < -0.3 is 4.57 Å². The number of imidazole rings is 1. The third-order valence-electron chi connectivity index (χ3n) is 11.6. The molecule has 0 bridgehead atoms. The first-order valence-corrected chi connectivity index (χ1v) is 23.3. The lowest BCUT2D eigenvalue weighted by Crippen LogP contribution is -2.13. The second-order valence-corrected chi connectivity index (χ2v) is 16.4. The van der Waals surface area contributed by atoms with Crippen LogP contribution in [-0.2, 0) is 0 Å². The predicted octanol–water partition coefficient (Wildman–Crippen LogP) is 17.4. The van der Waals surface area contributed by atoms with Gasteiger partial charge in [0.05, 0.1) is 0 Å². The predicted molar refractivity (Wildman–Crippen MR) is 222 cm³/mol. The van der Waals surface area contributed by atoms with E-state index in [4.69, 9.17) is 4.98 Å². The summed E-state index contributed by atoms with van der Waals surface area (Å²) in [6, 6.07) is 0.586. The molecule has 0 saturated carbocycles. The van der Waals surface area contributed by atoms with Gasteiger partial charge in [0, 0.05) is 24.4 Å². The van der Waals surface area contributed by atoms with Crippen molar-refractivity contribution in [2.24, 2.45) is 0 Å². The van der Waals surface area contributed by atoms with Crippen LogP contribution in [0.15, 0.2) is 12.4 Å². The van der Waals surface area contributed by atoms with Crippen LogP contribution >= 0.6 is 0 Å². The lowest BCUT2D eigenvalue weighted by Gasteiger charge is -2.22. The summed E-state index contributed by atoms with van der Waals surface area (Å²) in [6.45, 7) is 9.40.